The van der Waals surface area contributed by atoms with Crippen molar-refractivity contribution in [2.45, 2.75) is 39.0 Å². The van der Waals surface area contributed by atoms with Crippen molar-refractivity contribution in [3.8, 4) is 11.3 Å². The maximum absolute atomic E-state index is 6.03. The summed E-state index contributed by atoms with van der Waals surface area (Å²) in [5.74, 6) is 2.06. The summed E-state index contributed by atoms with van der Waals surface area (Å²) in [5, 5.41) is 0. The standard InChI is InChI=1S/C16H19N3/c1-3-11-4-6-12(7-5-11)14-10(2)15(17)19-16(18-14)13-8-9-13/h4-7,13H,3,8-9H2,1-2H3,(H2,17,18,19). The van der Waals surface area contributed by atoms with Crippen LogP contribution in [0.15, 0.2) is 24.3 Å². The van der Waals surface area contributed by atoms with Crippen LogP contribution in [0.25, 0.3) is 11.3 Å². The SMILES string of the molecule is CCc1ccc(-c2nc(C3CC3)nc(N)c2C)cc1. The van der Waals surface area contributed by atoms with Crippen molar-refractivity contribution in [2.24, 2.45) is 0 Å². The molecule has 0 unspecified atom stereocenters. The van der Waals surface area contributed by atoms with Gasteiger partial charge in [0.2, 0.25) is 0 Å². The Morgan fingerprint density at radius 1 is 1.16 bits per heavy atom. The maximum atomic E-state index is 6.03. The molecule has 98 valence electrons. The third kappa shape index (κ3) is 2.33. The molecule has 2 N–H and O–H groups in total. The molecule has 0 amide bonds. The molecule has 2 aromatic rings. The topological polar surface area (TPSA) is 51.8 Å². The van der Waals surface area contributed by atoms with E-state index in [0.29, 0.717) is 11.7 Å². The molecular formula is C16H19N3. The fourth-order valence-corrected chi connectivity index (χ4v) is 2.26. The van der Waals surface area contributed by atoms with Gasteiger partial charge in [-0.1, -0.05) is 31.2 Å². The van der Waals surface area contributed by atoms with Crippen LogP contribution in [0.5, 0.6) is 0 Å². The van der Waals surface area contributed by atoms with Crippen LogP contribution in [0, 0.1) is 6.92 Å². The van der Waals surface area contributed by atoms with Crippen LogP contribution in [0.2, 0.25) is 0 Å². The first-order chi connectivity index (χ1) is 9.19. The third-order valence-corrected chi connectivity index (χ3v) is 3.78. The molecule has 1 fully saturated rings. The molecule has 0 radical (unpaired) electrons. The molecule has 1 aromatic carbocycles. The van der Waals surface area contributed by atoms with Gasteiger partial charge in [0.15, 0.2) is 0 Å². The lowest BCUT2D eigenvalue weighted by atomic mass is 10.0. The zero-order valence-electron chi connectivity index (χ0n) is 11.5. The van der Waals surface area contributed by atoms with Crippen molar-refractivity contribution < 1.29 is 0 Å². The second kappa shape index (κ2) is 4.65. The summed E-state index contributed by atoms with van der Waals surface area (Å²) in [4.78, 5) is 9.15. The van der Waals surface area contributed by atoms with E-state index in [1.165, 1.54) is 18.4 Å². The number of aromatic nitrogens is 2. The van der Waals surface area contributed by atoms with Crippen molar-refractivity contribution in [1.29, 1.82) is 0 Å². The average molecular weight is 253 g/mol. The van der Waals surface area contributed by atoms with E-state index in [1.54, 1.807) is 0 Å². The largest absolute Gasteiger partial charge is 0.383 e. The number of nitrogens with two attached hydrogens (primary N) is 1. The second-order valence-corrected chi connectivity index (χ2v) is 5.27. The van der Waals surface area contributed by atoms with Crippen LogP contribution in [0.4, 0.5) is 5.82 Å². The molecular weight excluding hydrogens is 234 g/mol. The number of hydrogen-bond donors (Lipinski definition) is 1. The van der Waals surface area contributed by atoms with E-state index in [0.717, 1.165) is 29.1 Å². The van der Waals surface area contributed by atoms with E-state index >= 15 is 0 Å². The van der Waals surface area contributed by atoms with Gasteiger partial charge in [-0.15, -0.1) is 0 Å². The Morgan fingerprint density at radius 2 is 1.84 bits per heavy atom. The van der Waals surface area contributed by atoms with Crippen LogP contribution in [0.3, 0.4) is 0 Å². The van der Waals surface area contributed by atoms with Gasteiger partial charge < -0.3 is 5.73 Å². The summed E-state index contributed by atoms with van der Waals surface area (Å²) in [7, 11) is 0. The predicted molar refractivity (Wildman–Crippen MR) is 78.0 cm³/mol. The van der Waals surface area contributed by atoms with Gasteiger partial charge in [0, 0.05) is 17.0 Å². The predicted octanol–water partition coefficient (Wildman–Crippen LogP) is 3.47. The summed E-state index contributed by atoms with van der Waals surface area (Å²) in [6, 6.07) is 8.57. The minimum atomic E-state index is 0.525. The summed E-state index contributed by atoms with van der Waals surface area (Å²) in [6.07, 6.45) is 3.44. The molecule has 1 heterocycles. The minimum absolute atomic E-state index is 0.525. The molecule has 0 saturated heterocycles. The molecule has 1 aromatic heterocycles. The first kappa shape index (κ1) is 12.2. The van der Waals surface area contributed by atoms with E-state index in [9.17, 15) is 0 Å². The molecule has 3 rings (SSSR count). The van der Waals surface area contributed by atoms with Gasteiger partial charge in [0.25, 0.3) is 0 Å². The van der Waals surface area contributed by atoms with E-state index in [1.807, 2.05) is 6.92 Å². The first-order valence-electron chi connectivity index (χ1n) is 6.92. The molecule has 1 saturated carbocycles. The Hall–Kier alpha value is -1.90. The van der Waals surface area contributed by atoms with Crippen LogP contribution < -0.4 is 5.73 Å². The Balaban J connectivity index is 2.06. The highest BCUT2D eigenvalue weighted by atomic mass is 15.0. The second-order valence-electron chi connectivity index (χ2n) is 5.27. The van der Waals surface area contributed by atoms with Crippen molar-refractivity contribution in [3.05, 3.63) is 41.2 Å². The molecule has 1 aliphatic carbocycles. The average Bonchev–Trinajstić information content (AvgIpc) is 3.26. The van der Waals surface area contributed by atoms with Gasteiger partial charge >= 0.3 is 0 Å². The molecule has 0 aliphatic heterocycles. The van der Waals surface area contributed by atoms with E-state index in [2.05, 4.69) is 36.2 Å². The number of rotatable bonds is 3. The number of aryl methyl sites for hydroxylation is 1. The highest BCUT2D eigenvalue weighted by molar-refractivity contribution is 5.67. The zero-order chi connectivity index (χ0) is 13.4. The van der Waals surface area contributed by atoms with E-state index < -0.39 is 0 Å². The van der Waals surface area contributed by atoms with Gasteiger partial charge in [-0.25, -0.2) is 9.97 Å². The Morgan fingerprint density at radius 3 is 2.42 bits per heavy atom. The number of nitrogens with zero attached hydrogens (tertiary/aromatic N) is 2. The molecule has 19 heavy (non-hydrogen) atoms. The van der Waals surface area contributed by atoms with Crippen molar-refractivity contribution >= 4 is 5.82 Å². The molecule has 0 atom stereocenters. The lowest BCUT2D eigenvalue weighted by Crippen LogP contribution is -2.04. The van der Waals surface area contributed by atoms with Gasteiger partial charge in [0.05, 0.1) is 5.69 Å². The van der Waals surface area contributed by atoms with Gasteiger partial charge in [-0.05, 0) is 31.7 Å². The number of benzene rings is 1. The molecule has 3 nitrogen and oxygen atoms in total. The van der Waals surface area contributed by atoms with E-state index in [4.69, 9.17) is 10.7 Å². The third-order valence-electron chi connectivity index (χ3n) is 3.78. The van der Waals surface area contributed by atoms with Crippen LogP contribution in [-0.4, -0.2) is 9.97 Å². The lowest BCUT2D eigenvalue weighted by Gasteiger charge is -2.10. The fourth-order valence-electron chi connectivity index (χ4n) is 2.26. The maximum Gasteiger partial charge on any atom is 0.134 e. The van der Waals surface area contributed by atoms with Gasteiger partial charge in [0.1, 0.15) is 11.6 Å². The zero-order valence-corrected chi connectivity index (χ0v) is 11.5. The quantitative estimate of drug-likeness (QED) is 0.911. The number of anilines is 1. The summed E-state index contributed by atoms with van der Waals surface area (Å²) in [6.45, 7) is 4.16. The van der Waals surface area contributed by atoms with Crippen LogP contribution in [-0.2, 0) is 6.42 Å². The first-order valence-corrected chi connectivity index (χ1v) is 6.92. The van der Waals surface area contributed by atoms with Crippen LogP contribution in [0.1, 0.15) is 42.6 Å². The summed E-state index contributed by atoms with van der Waals surface area (Å²) >= 11 is 0. The van der Waals surface area contributed by atoms with Crippen molar-refractivity contribution in [2.75, 3.05) is 5.73 Å². The van der Waals surface area contributed by atoms with Gasteiger partial charge in [-0.2, -0.15) is 0 Å². The summed E-state index contributed by atoms with van der Waals surface area (Å²) in [5.41, 5.74) is 10.5. The highest BCUT2D eigenvalue weighted by Crippen LogP contribution is 2.39. The Kier molecular flexibility index (Phi) is 2.97. The molecule has 0 spiro atoms. The van der Waals surface area contributed by atoms with Crippen LogP contribution >= 0.6 is 0 Å². The highest BCUT2D eigenvalue weighted by Gasteiger charge is 2.28. The minimum Gasteiger partial charge on any atom is -0.383 e. The number of nitrogen functional groups attached to an aromatic ring is 1. The fraction of sp³-hybridized carbons (Fsp3) is 0.375. The normalized spacial score (nSPS) is 14.6. The Bertz CT molecular complexity index is 598. The number of hydrogen-bond acceptors (Lipinski definition) is 3. The monoisotopic (exact) mass is 253 g/mol. The summed E-state index contributed by atoms with van der Waals surface area (Å²) < 4.78 is 0. The molecule has 1 aliphatic rings. The molecule has 0 bridgehead atoms. The smallest absolute Gasteiger partial charge is 0.134 e. The Labute approximate surface area is 113 Å². The van der Waals surface area contributed by atoms with Gasteiger partial charge in [-0.3, -0.25) is 0 Å². The van der Waals surface area contributed by atoms with Crippen molar-refractivity contribution in [3.63, 3.8) is 0 Å². The van der Waals surface area contributed by atoms with E-state index in [-0.39, 0.29) is 0 Å². The van der Waals surface area contributed by atoms with Crippen molar-refractivity contribution in [1.82, 2.24) is 9.97 Å². The lowest BCUT2D eigenvalue weighted by molar-refractivity contribution is 0.928. The molecule has 3 heteroatoms.